The van der Waals surface area contributed by atoms with Gasteiger partial charge in [0.15, 0.2) is 5.13 Å². The number of carbonyl (C=O) groups excluding carboxylic acids is 2. The Morgan fingerprint density at radius 3 is 2.84 bits per heavy atom. The number of nitrogens with zero attached hydrogens (tertiary/aromatic N) is 2. The molecule has 7 nitrogen and oxygen atoms in total. The molecule has 0 radical (unpaired) electrons. The molecule has 1 fully saturated rings. The van der Waals surface area contributed by atoms with E-state index in [0.29, 0.717) is 45.6 Å². The molecule has 6 rings (SSSR count). The molecule has 192 valence electrons. The largest absolute Gasteiger partial charge is 0.507 e. The van der Waals surface area contributed by atoms with Crippen molar-refractivity contribution in [3.05, 3.63) is 87.9 Å². The number of fused-ring (bicyclic) bond motifs is 2. The number of hydrogen-bond acceptors (Lipinski definition) is 7. The molecule has 0 aliphatic carbocycles. The van der Waals surface area contributed by atoms with Gasteiger partial charge in [0.05, 0.1) is 28.4 Å². The molecule has 3 heterocycles. The van der Waals surface area contributed by atoms with Crippen molar-refractivity contribution >= 4 is 55.7 Å². The third kappa shape index (κ3) is 4.10. The number of rotatable bonds is 5. The lowest BCUT2D eigenvalue weighted by Crippen LogP contribution is -2.29. The number of ether oxygens (including phenoxy) is 2. The lowest BCUT2D eigenvalue weighted by molar-refractivity contribution is -0.132. The molecule has 1 N–H and O–H groups in total. The molecule has 0 saturated carbocycles. The number of carbonyl (C=O) groups is 2. The van der Waals surface area contributed by atoms with Crippen LogP contribution in [0.3, 0.4) is 0 Å². The zero-order chi connectivity index (χ0) is 26.6. The summed E-state index contributed by atoms with van der Waals surface area (Å²) in [6.07, 6.45) is 0.723. The fraction of sp³-hybridized carbons (Fsp3) is 0.207. The Labute approximate surface area is 227 Å². The first-order chi connectivity index (χ1) is 18.3. The van der Waals surface area contributed by atoms with E-state index in [1.807, 2.05) is 26.0 Å². The minimum Gasteiger partial charge on any atom is -0.507 e. The molecule has 1 aromatic heterocycles. The first-order valence-corrected chi connectivity index (χ1v) is 13.4. The summed E-state index contributed by atoms with van der Waals surface area (Å²) in [5.74, 6) is -0.443. The summed E-state index contributed by atoms with van der Waals surface area (Å²) in [6, 6.07) is 16.9. The van der Waals surface area contributed by atoms with E-state index in [1.54, 1.807) is 48.5 Å². The van der Waals surface area contributed by atoms with Crippen molar-refractivity contribution in [3.63, 3.8) is 0 Å². The summed E-state index contributed by atoms with van der Waals surface area (Å²) in [4.78, 5) is 33.1. The van der Waals surface area contributed by atoms with Crippen LogP contribution < -0.4 is 14.4 Å². The highest BCUT2D eigenvalue weighted by Crippen LogP contribution is 2.45. The number of Topliss-reactive ketones (excluding diaryl/α,β-unsaturated/α-hetero) is 1. The van der Waals surface area contributed by atoms with Gasteiger partial charge >= 0.3 is 5.91 Å². The average molecular weight is 547 g/mol. The maximum absolute atomic E-state index is 13.5. The zero-order valence-corrected chi connectivity index (χ0v) is 22.2. The molecule has 1 amide bonds. The summed E-state index contributed by atoms with van der Waals surface area (Å²) in [7, 11) is 0. The molecule has 38 heavy (non-hydrogen) atoms. The van der Waals surface area contributed by atoms with E-state index in [2.05, 4.69) is 4.98 Å². The molecule has 0 unspecified atom stereocenters. The Bertz CT molecular complexity index is 1650. The SMILES string of the molecule is CCOc1cccc([C@H]2/C(=C(\O)c3ccc4c(c3)C[C@H](C)O4)C(=O)C(=O)N2c2nc3ccc(Cl)cc3s2)c1. The summed E-state index contributed by atoms with van der Waals surface area (Å²) < 4.78 is 12.3. The predicted octanol–water partition coefficient (Wildman–Crippen LogP) is 6.30. The lowest BCUT2D eigenvalue weighted by atomic mass is 9.94. The van der Waals surface area contributed by atoms with Crippen molar-refractivity contribution in [2.45, 2.75) is 32.4 Å². The van der Waals surface area contributed by atoms with Gasteiger partial charge in [-0.05, 0) is 73.5 Å². The third-order valence-corrected chi connectivity index (χ3v) is 7.90. The second kappa shape index (κ2) is 9.45. The standard InChI is InChI=1S/C29H23ClN2O5S/c1-3-36-20-6-4-5-16(13-20)25-24(26(33)17-7-10-22-18(12-17)11-15(2)37-22)27(34)28(35)32(25)29-31-21-9-8-19(30)14-23(21)38-29/h4-10,12-15,25,33H,3,11H2,1-2H3/b26-24+/t15-,25-/m0/s1. The molecule has 2 atom stereocenters. The van der Waals surface area contributed by atoms with Crippen LogP contribution in [0.15, 0.2) is 66.2 Å². The van der Waals surface area contributed by atoms with Gasteiger partial charge < -0.3 is 14.6 Å². The van der Waals surface area contributed by atoms with Gasteiger partial charge in [-0.15, -0.1) is 0 Å². The highest BCUT2D eigenvalue weighted by Gasteiger charge is 2.48. The van der Waals surface area contributed by atoms with Crippen LogP contribution in [0.2, 0.25) is 5.02 Å². The smallest absolute Gasteiger partial charge is 0.301 e. The van der Waals surface area contributed by atoms with Gasteiger partial charge in [-0.2, -0.15) is 0 Å². The monoisotopic (exact) mass is 546 g/mol. The van der Waals surface area contributed by atoms with Crippen molar-refractivity contribution in [2.75, 3.05) is 11.5 Å². The summed E-state index contributed by atoms with van der Waals surface area (Å²) in [5, 5.41) is 12.4. The van der Waals surface area contributed by atoms with Crippen molar-refractivity contribution in [2.24, 2.45) is 0 Å². The molecule has 3 aromatic carbocycles. The minimum absolute atomic E-state index is 0.00662. The quantitative estimate of drug-likeness (QED) is 0.179. The van der Waals surface area contributed by atoms with Crippen LogP contribution in [-0.4, -0.2) is 34.5 Å². The Kier molecular flexibility index (Phi) is 6.08. The highest BCUT2D eigenvalue weighted by atomic mass is 35.5. The first-order valence-electron chi connectivity index (χ1n) is 12.2. The van der Waals surface area contributed by atoms with E-state index in [9.17, 15) is 14.7 Å². The Morgan fingerprint density at radius 2 is 2.03 bits per heavy atom. The third-order valence-electron chi connectivity index (χ3n) is 6.64. The number of ketones is 1. The van der Waals surface area contributed by atoms with Gasteiger partial charge in [0.25, 0.3) is 5.78 Å². The van der Waals surface area contributed by atoms with Crippen LogP contribution in [0, 0.1) is 0 Å². The van der Waals surface area contributed by atoms with Gasteiger partial charge in [-0.3, -0.25) is 14.5 Å². The fourth-order valence-corrected chi connectivity index (χ4v) is 6.27. The van der Waals surface area contributed by atoms with Crippen LogP contribution in [0.5, 0.6) is 11.5 Å². The molecular formula is C29H23ClN2O5S. The van der Waals surface area contributed by atoms with E-state index in [1.165, 1.54) is 16.2 Å². The van der Waals surface area contributed by atoms with Gasteiger partial charge in [-0.25, -0.2) is 4.98 Å². The summed E-state index contributed by atoms with van der Waals surface area (Å²) in [6.45, 7) is 4.31. The topological polar surface area (TPSA) is 89.0 Å². The molecule has 0 bridgehead atoms. The Morgan fingerprint density at radius 1 is 1.18 bits per heavy atom. The van der Waals surface area contributed by atoms with Crippen LogP contribution in [0.25, 0.3) is 16.0 Å². The fourth-order valence-electron chi connectivity index (χ4n) is 5.00. The van der Waals surface area contributed by atoms with Crippen molar-refractivity contribution in [3.8, 4) is 11.5 Å². The zero-order valence-electron chi connectivity index (χ0n) is 20.6. The van der Waals surface area contributed by atoms with E-state index in [4.69, 9.17) is 21.1 Å². The molecule has 4 aromatic rings. The number of halogens is 1. The van der Waals surface area contributed by atoms with Gasteiger partial charge in [0.2, 0.25) is 0 Å². The van der Waals surface area contributed by atoms with Gasteiger partial charge in [-0.1, -0.05) is 35.1 Å². The lowest BCUT2D eigenvalue weighted by Gasteiger charge is -2.23. The normalized spacial score (nSPS) is 20.1. The molecule has 0 spiro atoms. The Hall–Kier alpha value is -3.88. The Balaban J connectivity index is 1.54. The molecule has 2 aliphatic rings. The number of benzene rings is 3. The number of amides is 1. The maximum atomic E-state index is 13.5. The van der Waals surface area contributed by atoms with Crippen molar-refractivity contribution in [1.29, 1.82) is 0 Å². The van der Waals surface area contributed by atoms with E-state index < -0.39 is 17.7 Å². The molecule has 1 saturated heterocycles. The number of anilines is 1. The van der Waals surface area contributed by atoms with Gasteiger partial charge in [0.1, 0.15) is 23.4 Å². The van der Waals surface area contributed by atoms with Crippen molar-refractivity contribution < 1.29 is 24.2 Å². The summed E-state index contributed by atoms with van der Waals surface area (Å²) >= 11 is 7.43. The number of aromatic nitrogens is 1. The highest BCUT2D eigenvalue weighted by molar-refractivity contribution is 7.22. The van der Waals surface area contributed by atoms with Crippen LogP contribution in [-0.2, 0) is 16.0 Å². The van der Waals surface area contributed by atoms with Crippen molar-refractivity contribution in [1.82, 2.24) is 4.98 Å². The number of hydrogen-bond donors (Lipinski definition) is 1. The van der Waals surface area contributed by atoms with E-state index in [0.717, 1.165) is 16.0 Å². The number of aliphatic hydroxyl groups is 1. The predicted molar refractivity (Wildman–Crippen MR) is 147 cm³/mol. The number of thiazole rings is 1. The molecule has 2 aliphatic heterocycles. The summed E-state index contributed by atoms with van der Waals surface area (Å²) in [5.41, 5.74) is 2.65. The van der Waals surface area contributed by atoms with Crippen LogP contribution in [0.4, 0.5) is 5.13 Å². The molecular weight excluding hydrogens is 524 g/mol. The van der Waals surface area contributed by atoms with E-state index >= 15 is 0 Å². The molecule has 9 heteroatoms. The maximum Gasteiger partial charge on any atom is 0.301 e. The van der Waals surface area contributed by atoms with Crippen LogP contribution >= 0.6 is 22.9 Å². The first kappa shape index (κ1) is 24.5. The average Bonchev–Trinajstić information content (AvgIpc) is 3.56. The van der Waals surface area contributed by atoms with Crippen LogP contribution in [0.1, 0.15) is 36.6 Å². The second-order valence-electron chi connectivity index (χ2n) is 9.24. The minimum atomic E-state index is -0.908. The van der Waals surface area contributed by atoms with Gasteiger partial charge in [0, 0.05) is 17.0 Å². The second-order valence-corrected chi connectivity index (χ2v) is 10.7. The van der Waals surface area contributed by atoms with E-state index in [-0.39, 0.29) is 17.4 Å². The number of aliphatic hydroxyl groups excluding tert-OH is 1.